The van der Waals surface area contributed by atoms with Gasteiger partial charge in [0.15, 0.2) is 0 Å². The van der Waals surface area contributed by atoms with Gasteiger partial charge in [-0.2, -0.15) is 0 Å². The molecule has 0 radical (unpaired) electrons. The van der Waals surface area contributed by atoms with Crippen LogP contribution in [0.4, 0.5) is 0 Å². The van der Waals surface area contributed by atoms with E-state index in [1.54, 1.807) is 12.1 Å². The molecule has 5 nitrogen and oxygen atoms in total. The zero-order valence-corrected chi connectivity index (χ0v) is 8.90. The van der Waals surface area contributed by atoms with Crippen molar-refractivity contribution < 1.29 is 13.5 Å². The minimum absolute atomic E-state index is 0.391. The van der Waals surface area contributed by atoms with Crippen molar-refractivity contribution in [3.8, 4) is 0 Å². The summed E-state index contributed by atoms with van der Waals surface area (Å²) in [5.74, 6) is 0. The molecular weight excluding hydrogens is 204 g/mol. The summed E-state index contributed by atoms with van der Waals surface area (Å²) >= 11 is 0. The van der Waals surface area contributed by atoms with Crippen molar-refractivity contribution >= 4 is 10.0 Å². The Morgan fingerprint density at radius 3 is 2.57 bits per heavy atom. The summed E-state index contributed by atoms with van der Waals surface area (Å²) in [4.78, 5) is 0. The van der Waals surface area contributed by atoms with Gasteiger partial charge in [-0.25, -0.2) is 12.4 Å². The lowest BCUT2D eigenvalue weighted by Crippen LogP contribution is -2.27. The van der Waals surface area contributed by atoms with Crippen molar-refractivity contribution in [2.24, 2.45) is 5.73 Å². The fourth-order valence-corrected chi connectivity index (χ4v) is 2.04. The van der Waals surface area contributed by atoms with Crippen molar-refractivity contribution in [3.63, 3.8) is 0 Å². The summed E-state index contributed by atoms with van der Waals surface area (Å²) < 4.78 is 23.6. The number of hydrogen-bond donors (Lipinski definition) is 2. The topological polar surface area (TPSA) is 85.3 Å². The quantitative estimate of drug-likeness (QED) is 0.728. The number of aromatic nitrogens is 1. The summed E-state index contributed by atoms with van der Waals surface area (Å²) in [6.07, 6.45) is 1.71. The molecule has 0 amide bonds. The summed E-state index contributed by atoms with van der Waals surface area (Å²) in [7, 11) is -3.34. The lowest BCUT2D eigenvalue weighted by Gasteiger charge is -2.16. The van der Waals surface area contributed by atoms with Crippen LogP contribution in [0.3, 0.4) is 0 Å². The van der Waals surface area contributed by atoms with Crippen LogP contribution in [0, 0.1) is 0 Å². The predicted molar refractivity (Wildman–Crippen MR) is 53.3 cm³/mol. The molecule has 0 fully saturated rings. The molecule has 1 heterocycles. The minimum atomic E-state index is -3.34. The number of hydrogen-bond acceptors (Lipinski definition) is 4. The molecule has 0 aliphatic rings. The lowest BCUT2D eigenvalue weighted by atomic mass is 10.1. The van der Waals surface area contributed by atoms with Gasteiger partial charge >= 0.3 is 0 Å². The second kappa shape index (κ2) is 3.72. The molecule has 0 spiro atoms. The van der Waals surface area contributed by atoms with E-state index in [4.69, 9.17) is 5.73 Å². The molecule has 14 heavy (non-hydrogen) atoms. The number of aliphatic hydroxyl groups is 1. The Hall–Kier alpha value is -0.850. The molecule has 1 aromatic rings. The highest BCUT2D eigenvalue weighted by Crippen LogP contribution is 2.16. The molecule has 0 bridgehead atoms. The summed E-state index contributed by atoms with van der Waals surface area (Å²) in [5, 5.41) is 9.25. The maximum Gasteiger partial charge on any atom is 0.235 e. The minimum Gasteiger partial charge on any atom is -0.391 e. The first-order chi connectivity index (χ1) is 6.34. The third kappa shape index (κ3) is 2.14. The number of aliphatic hydroxyl groups excluding tert-OH is 1. The molecule has 0 saturated carbocycles. The summed E-state index contributed by atoms with van der Waals surface area (Å²) in [6.45, 7) is 1.52. The fraction of sp³-hybridized carbons (Fsp3) is 0.500. The molecule has 0 saturated heterocycles. The van der Waals surface area contributed by atoms with Gasteiger partial charge in [-0.3, -0.25) is 0 Å². The number of rotatable bonds is 3. The second-order valence-electron chi connectivity index (χ2n) is 3.26. The van der Waals surface area contributed by atoms with Crippen molar-refractivity contribution in [1.29, 1.82) is 0 Å². The largest absolute Gasteiger partial charge is 0.391 e. The Kier molecular flexibility index (Phi) is 2.98. The van der Waals surface area contributed by atoms with Crippen LogP contribution in [-0.4, -0.2) is 29.9 Å². The van der Waals surface area contributed by atoms with Crippen LogP contribution in [0.15, 0.2) is 18.3 Å². The van der Waals surface area contributed by atoms with E-state index in [-0.39, 0.29) is 0 Å². The maximum absolute atomic E-state index is 11.3. The lowest BCUT2D eigenvalue weighted by molar-refractivity contribution is 0.162. The molecule has 1 rings (SSSR count). The van der Waals surface area contributed by atoms with Gasteiger partial charge in [0.1, 0.15) is 0 Å². The predicted octanol–water partition coefficient (Wildman–Crippen LogP) is -0.324. The van der Waals surface area contributed by atoms with Gasteiger partial charge < -0.3 is 10.8 Å². The van der Waals surface area contributed by atoms with E-state index < -0.39 is 22.2 Å². The molecule has 0 aliphatic heterocycles. The Morgan fingerprint density at radius 2 is 2.14 bits per heavy atom. The molecule has 2 atom stereocenters. The first-order valence-electron chi connectivity index (χ1n) is 4.15. The molecule has 3 N–H and O–H groups in total. The summed E-state index contributed by atoms with van der Waals surface area (Å²) in [6, 6.07) is 2.47. The number of nitrogens with two attached hydrogens (primary N) is 1. The first kappa shape index (κ1) is 11.2. The van der Waals surface area contributed by atoms with Gasteiger partial charge in [0.05, 0.1) is 24.1 Å². The zero-order chi connectivity index (χ0) is 10.9. The van der Waals surface area contributed by atoms with Gasteiger partial charge in [0, 0.05) is 6.20 Å². The highest BCUT2D eigenvalue weighted by Gasteiger charge is 2.19. The molecule has 2 unspecified atom stereocenters. The smallest absolute Gasteiger partial charge is 0.235 e. The average molecular weight is 218 g/mol. The highest BCUT2D eigenvalue weighted by molar-refractivity contribution is 7.89. The molecule has 0 aliphatic carbocycles. The van der Waals surface area contributed by atoms with Gasteiger partial charge in [0.25, 0.3) is 0 Å². The van der Waals surface area contributed by atoms with Crippen molar-refractivity contribution in [3.05, 3.63) is 24.0 Å². The Labute approximate surface area is 83.2 Å². The SMILES string of the molecule is CC(O)C(N)c1cccn1S(C)(=O)=O. The van der Waals surface area contributed by atoms with Crippen LogP contribution >= 0.6 is 0 Å². The number of nitrogens with zero attached hydrogens (tertiary/aromatic N) is 1. The Balaban J connectivity index is 3.18. The van der Waals surface area contributed by atoms with Crippen LogP contribution in [-0.2, 0) is 10.0 Å². The standard InChI is InChI=1S/C8H14N2O3S/c1-6(11)8(9)7-4-3-5-10(7)14(2,12)13/h3-6,8,11H,9H2,1-2H3. The maximum atomic E-state index is 11.3. The molecule has 80 valence electrons. The monoisotopic (exact) mass is 218 g/mol. The first-order valence-corrected chi connectivity index (χ1v) is 6.00. The van der Waals surface area contributed by atoms with E-state index in [9.17, 15) is 13.5 Å². The van der Waals surface area contributed by atoms with Gasteiger partial charge in [-0.05, 0) is 19.1 Å². The third-order valence-corrected chi connectivity index (χ3v) is 3.01. The fourth-order valence-electron chi connectivity index (χ4n) is 1.19. The van der Waals surface area contributed by atoms with Gasteiger partial charge in [0.2, 0.25) is 10.0 Å². The normalized spacial score (nSPS) is 16.6. The van der Waals surface area contributed by atoms with Gasteiger partial charge in [-0.15, -0.1) is 0 Å². The van der Waals surface area contributed by atoms with Crippen LogP contribution in [0.25, 0.3) is 0 Å². The van der Waals surface area contributed by atoms with Crippen LogP contribution < -0.4 is 5.73 Å². The van der Waals surface area contributed by atoms with Crippen molar-refractivity contribution in [1.82, 2.24) is 3.97 Å². The van der Waals surface area contributed by atoms with E-state index in [0.717, 1.165) is 10.2 Å². The molecular formula is C8H14N2O3S. The van der Waals surface area contributed by atoms with Crippen molar-refractivity contribution in [2.45, 2.75) is 19.1 Å². The molecule has 1 aromatic heterocycles. The molecule has 6 heteroatoms. The second-order valence-corrected chi connectivity index (χ2v) is 5.12. The summed E-state index contributed by atoms with van der Waals surface area (Å²) in [5.41, 5.74) is 6.04. The van der Waals surface area contributed by atoms with Crippen LogP contribution in [0.2, 0.25) is 0 Å². The average Bonchev–Trinajstić information content (AvgIpc) is 2.48. The Morgan fingerprint density at radius 1 is 1.57 bits per heavy atom. The highest BCUT2D eigenvalue weighted by atomic mass is 32.2. The van der Waals surface area contributed by atoms with E-state index in [1.165, 1.54) is 13.1 Å². The van der Waals surface area contributed by atoms with Crippen molar-refractivity contribution in [2.75, 3.05) is 6.26 Å². The van der Waals surface area contributed by atoms with E-state index in [0.29, 0.717) is 5.69 Å². The Bertz CT molecular complexity index is 408. The van der Waals surface area contributed by atoms with Crippen LogP contribution in [0.5, 0.6) is 0 Å². The van der Waals surface area contributed by atoms with E-state index >= 15 is 0 Å². The van der Waals surface area contributed by atoms with E-state index in [1.807, 2.05) is 0 Å². The van der Waals surface area contributed by atoms with E-state index in [2.05, 4.69) is 0 Å². The molecule has 0 aromatic carbocycles. The zero-order valence-electron chi connectivity index (χ0n) is 8.08. The van der Waals surface area contributed by atoms with Gasteiger partial charge in [-0.1, -0.05) is 0 Å². The van der Waals surface area contributed by atoms with Crippen LogP contribution in [0.1, 0.15) is 18.7 Å². The third-order valence-electron chi connectivity index (χ3n) is 1.96.